The predicted molar refractivity (Wildman–Crippen MR) is 261 cm³/mol. The Morgan fingerprint density at radius 3 is 1.97 bits per heavy atom. The van der Waals surface area contributed by atoms with Crippen molar-refractivity contribution >= 4 is 54.5 Å². The molecule has 7 aromatic carbocycles. The van der Waals surface area contributed by atoms with Gasteiger partial charge in [0, 0.05) is 45.6 Å². The standard InChI is InChI=1S/C57H45N3OSi/c1-57-38-47(33-35-50(57)48-21-12-14-24-53(48)61-57)58(45-31-29-42(30-32-45)41-27-25-40(26-28-41)39-15-5-2-6-16-39)46-34-36-54-52(37-46)60(44-19-9-4-10-20-44)56-55(62-54)49-22-11-13-23-51(49)59(56)43-17-7-3-8-18-43/h2-10,12-21,23-38,50H,11,22,62H2,1H3. The Kier molecular flexibility index (Phi) is 8.65. The first-order valence-electron chi connectivity index (χ1n) is 21.8. The van der Waals surface area contributed by atoms with E-state index in [1.165, 1.54) is 61.5 Å². The lowest BCUT2D eigenvalue weighted by atomic mass is 9.81. The highest BCUT2D eigenvalue weighted by Crippen LogP contribution is 2.50. The maximum Gasteiger partial charge on any atom is 0.137 e. The average Bonchev–Trinajstić information content (AvgIpc) is 3.83. The molecule has 62 heavy (non-hydrogen) atoms. The maximum absolute atomic E-state index is 6.80. The number of anilines is 5. The third-order valence-electron chi connectivity index (χ3n) is 13.2. The molecule has 4 aliphatic rings. The minimum Gasteiger partial charge on any atom is -0.482 e. The lowest BCUT2D eigenvalue weighted by molar-refractivity contribution is 0.154. The second-order valence-corrected chi connectivity index (χ2v) is 18.8. The molecule has 0 saturated carbocycles. The SMILES string of the molecule is CC12C=C(N(c3ccc(-c4ccc(-c5ccccc5)cc4)cc3)c3ccc4c(c3)N(c3ccccc3)c3c(c5c(n3-c3ccccc3)C=CCC5)[SiH2]4)C=CC1c1ccccc1O2. The number of rotatable bonds is 7. The number of allylic oxidation sites excluding steroid dienone is 2. The number of para-hydroxylation sites is 3. The van der Waals surface area contributed by atoms with Gasteiger partial charge in [-0.25, -0.2) is 0 Å². The van der Waals surface area contributed by atoms with Gasteiger partial charge in [0.05, 0.1) is 15.2 Å². The molecule has 8 aromatic rings. The molecule has 0 fully saturated rings. The van der Waals surface area contributed by atoms with E-state index in [1.807, 2.05) is 0 Å². The highest BCUT2D eigenvalue weighted by molar-refractivity contribution is 6.72. The van der Waals surface area contributed by atoms with Crippen LogP contribution in [0.2, 0.25) is 0 Å². The fraction of sp³-hybridized carbons (Fsp3) is 0.0877. The first kappa shape index (κ1) is 36.5. The molecule has 1 aromatic heterocycles. The van der Waals surface area contributed by atoms with E-state index in [-0.39, 0.29) is 5.92 Å². The normalized spacial score (nSPS) is 18.2. The molecule has 0 spiro atoms. The van der Waals surface area contributed by atoms with Gasteiger partial charge in [0.25, 0.3) is 0 Å². The van der Waals surface area contributed by atoms with Crippen molar-refractivity contribution in [2.75, 3.05) is 9.80 Å². The largest absolute Gasteiger partial charge is 0.482 e. The average molecular weight is 816 g/mol. The Labute approximate surface area is 365 Å². The molecule has 2 unspecified atom stereocenters. The van der Waals surface area contributed by atoms with Crippen LogP contribution in [0.3, 0.4) is 0 Å². The molecule has 2 aliphatic carbocycles. The second kappa shape index (κ2) is 14.7. The van der Waals surface area contributed by atoms with Crippen LogP contribution in [0.4, 0.5) is 28.6 Å². The van der Waals surface area contributed by atoms with Crippen LogP contribution in [0, 0.1) is 0 Å². The van der Waals surface area contributed by atoms with E-state index in [1.54, 1.807) is 5.19 Å². The second-order valence-electron chi connectivity index (χ2n) is 17.0. The zero-order chi connectivity index (χ0) is 41.2. The summed E-state index contributed by atoms with van der Waals surface area (Å²) in [6.07, 6.45) is 13.8. The van der Waals surface area contributed by atoms with Gasteiger partial charge in [-0.15, -0.1) is 0 Å². The highest BCUT2D eigenvalue weighted by atomic mass is 28.2. The van der Waals surface area contributed by atoms with E-state index in [0.29, 0.717) is 0 Å². The van der Waals surface area contributed by atoms with Gasteiger partial charge >= 0.3 is 0 Å². The summed E-state index contributed by atoms with van der Waals surface area (Å²) in [4.78, 5) is 4.97. The Balaban J connectivity index is 1.00. The molecule has 12 rings (SSSR count). The van der Waals surface area contributed by atoms with Crippen molar-refractivity contribution in [2.45, 2.75) is 31.3 Å². The maximum atomic E-state index is 6.80. The lowest BCUT2D eigenvalue weighted by Crippen LogP contribution is -2.41. The number of benzene rings is 7. The molecule has 3 heterocycles. The van der Waals surface area contributed by atoms with Crippen molar-refractivity contribution in [2.24, 2.45) is 0 Å². The number of aromatic nitrogens is 1. The quantitative estimate of drug-likeness (QED) is 0.150. The Bertz CT molecular complexity index is 3080. The van der Waals surface area contributed by atoms with Crippen LogP contribution < -0.4 is 24.9 Å². The first-order valence-corrected chi connectivity index (χ1v) is 23.2. The van der Waals surface area contributed by atoms with Crippen LogP contribution in [-0.2, 0) is 6.42 Å². The van der Waals surface area contributed by atoms with Crippen LogP contribution in [0.15, 0.2) is 212 Å². The van der Waals surface area contributed by atoms with Crippen molar-refractivity contribution in [1.29, 1.82) is 0 Å². The van der Waals surface area contributed by atoms with Crippen molar-refractivity contribution in [3.05, 3.63) is 229 Å². The van der Waals surface area contributed by atoms with E-state index in [9.17, 15) is 0 Å². The molecule has 298 valence electrons. The van der Waals surface area contributed by atoms with Gasteiger partial charge in [0.15, 0.2) is 0 Å². The Morgan fingerprint density at radius 2 is 1.24 bits per heavy atom. The molecular formula is C57H45N3OSi. The molecule has 2 atom stereocenters. The fourth-order valence-electron chi connectivity index (χ4n) is 10.3. The van der Waals surface area contributed by atoms with E-state index < -0.39 is 15.1 Å². The van der Waals surface area contributed by atoms with Gasteiger partial charge in [0.1, 0.15) is 17.2 Å². The number of ether oxygens (including phenoxy) is 1. The van der Waals surface area contributed by atoms with Gasteiger partial charge in [-0.2, -0.15) is 0 Å². The van der Waals surface area contributed by atoms with Crippen molar-refractivity contribution in [3.8, 4) is 33.7 Å². The number of nitrogens with zero attached hydrogens (tertiary/aromatic N) is 3. The number of hydrogen-bond donors (Lipinski definition) is 0. The third kappa shape index (κ3) is 6.03. The van der Waals surface area contributed by atoms with Crippen LogP contribution in [0.5, 0.6) is 5.75 Å². The van der Waals surface area contributed by atoms with Crippen LogP contribution in [-0.4, -0.2) is 19.7 Å². The topological polar surface area (TPSA) is 20.6 Å². The summed E-state index contributed by atoms with van der Waals surface area (Å²) in [5.41, 5.74) is 15.3. The molecule has 2 aliphatic heterocycles. The molecule has 0 saturated heterocycles. The van der Waals surface area contributed by atoms with E-state index in [0.717, 1.165) is 41.4 Å². The summed E-state index contributed by atoms with van der Waals surface area (Å²) in [5.74, 6) is 2.38. The van der Waals surface area contributed by atoms with Crippen molar-refractivity contribution in [1.82, 2.24) is 4.57 Å². The highest BCUT2D eigenvalue weighted by Gasteiger charge is 2.44. The summed E-state index contributed by atoms with van der Waals surface area (Å²) < 4.78 is 9.33. The Morgan fingerprint density at radius 1 is 0.629 bits per heavy atom. The molecule has 5 heteroatoms. The summed E-state index contributed by atoms with van der Waals surface area (Å²) in [7, 11) is -0.848. The Hall–Kier alpha value is -7.34. The van der Waals surface area contributed by atoms with Gasteiger partial charge in [-0.1, -0.05) is 140 Å². The van der Waals surface area contributed by atoms with E-state index in [4.69, 9.17) is 4.74 Å². The summed E-state index contributed by atoms with van der Waals surface area (Å²) in [6.45, 7) is 2.23. The minimum absolute atomic E-state index is 0.137. The molecule has 0 bridgehead atoms. The molecule has 0 radical (unpaired) electrons. The van der Waals surface area contributed by atoms with Crippen LogP contribution in [0.1, 0.15) is 36.1 Å². The van der Waals surface area contributed by atoms with Crippen molar-refractivity contribution < 1.29 is 4.74 Å². The monoisotopic (exact) mass is 815 g/mol. The van der Waals surface area contributed by atoms with Crippen molar-refractivity contribution in [3.63, 3.8) is 0 Å². The molecular weight excluding hydrogens is 771 g/mol. The van der Waals surface area contributed by atoms with E-state index in [2.05, 4.69) is 234 Å². The third-order valence-corrected chi connectivity index (χ3v) is 15.3. The van der Waals surface area contributed by atoms with Gasteiger partial charge < -0.3 is 9.64 Å². The molecule has 0 N–H and O–H groups in total. The summed E-state index contributed by atoms with van der Waals surface area (Å²) >= 11 is 0. The van der Waals surface area contributed by atoms with Gasteiger partial charge in [-0.3, -0.25) is 9.47 Å². The van der Waals surface area contributed by atoms with Crippen LogP contribution >= 0.6 is 0 Å². The summed E-state index contributed by atoms with van der Waals surface area (Å²) in [5, 5.41) is 3.01. The molecule has 4 nitrogen and oxygen atoms in total. The van der Waals surface area contributed by atoms with Gasteiger partial charge in [0.2, 0.25) is 0 Å². The number of hydrogen-bond acceptors (Lipinski definition) is 3. The van der Waals surface area contributed by atoms with E-state index >= 15 is 0 Å². The lowest BCUT2D eigenvalue weighted by Gasteiger charge is -2.37. The predicted octanol–water partition coefficient (Wildman–Crippen LogP) is 12.2. The smallest absolute Gasteiger partial charge is 0.137 e. The summed E-state index contributed by atoms with van der Waals surface area (Å²) in [6, 6.07) is 66.2. The zero-order valence-electron chi connectivity index (χ0n) is 34.7. The molecule has 0 amide bonds. The van der Waals surface area contributed by atoms with Gasteiger partial charge in [-0.05, 0) is 131 Å². The van der Waals surface area contributed by atoms with Crippen LogP contribution in [0.25, 0.3) is 34.0 Å². The number of fused-ring (bicyclic) bond motifs is 7. The first-order chi connectivity index (χ1) is 30.6. The zero-order valence-corrected chi connectivity index (χ0v) is 36.1. The fourth-order valence-corrected chi connectivity index (χ4v) is 12.4. The minimum atomic E-state index is -0.848.